The maximum Gasteiger partial charge on any atom is 0.330 e. The fourth-order valence-corrected chi connectivity index (χ4v) is 6.66. The number of hydrogen-bond donors (Lipinski definition) is 0. The Labute approximate surface area is 246 Å². The maximum absolute atomic E-state index is 14.4. The minimum Gasteiger partial charge on any atom is -0.451 e. The molecule has 0 unspecified atom stereocenters. The smallest absolute Gasteiger partial charge is 0.330 e. The van der Waals surface area contributed by atoms with Gasteiger partial charge in [-0.05, 0) is 47.0 Å². The summed E-state index contributed by atoms with van der Waals surface area (Å²) in [5.41, 5.74) is 3.87. The van der Waals surface area contributed by atoms with Crippen molar-refractivity contribution in [1.82, 2.24) is 0 Å². The second-order valence-electron chi connectivity index (χ2n) is 10.4. The van der Waals surface area contributed by atoms with Gasteiger partial charge in [-0.2, -0.15) is 0 Å². The highest BCUT2D eigenvalue weighted by molar-refractivity contribution is 9.10. The Balaban J connectivity index is 1.32. The van der Waals surface area contributed by atoms with Gasteiger partial charge in [0.05, 0.1) is 23.6 Å². The van der Waals surface area contributed by atoms with Gasteiger partial charge in [-0.3, -0.25) is 9.59 Å². The molecule has 0 spiro atoms. The van der Waals surface area contributed by atoms with Crippen molar-refractivity contribution in [2.45, 2.75) is 18.2 Å². The normalized spacial score (nSPS) is 22.5. The molecule has 6 nitrogen and oxygen atoms in total. The molecule has 2 amide bonds. The standard InChI is InChI=1S/C34H25BrN2O4/c35-24-16-18-25(19-17-24)36-32(38)28-27-20-15-21-9-7-8-14-26(21)37(27)30(29(28)33(36)39)34(40)41-31(22-10-3-1-4-11-22)23-12-5-2-6-13-23/h1-20,27-31H/t27-,28-,29-,30+/m0/s1. The number of benzene rings is 4. The zero-order chi connectivity index (χ0) is 28.1. The largest absolute Gasteiger partial charge is 0.451 e. The van der Waals surface area contributed by atoms with Crippen LogP contribution in [0, 0.1) is 11.8 Å². The second kappa shape index (κ2) is 10.2. The Hall–Kier alpha value is -4.49. The molecule has 3 aliphatic rings. The summed E-state index contributed by atoms with van der Waals surface area (Å²) in [7, 11) is 0. The number of carbonyl (C=O) groups is 3. The van der Waals surface area contributed by atoms with Gasteiger partial charge < -0.3 is 9.64 Å². The van der Waals surface area contributed by atoms with E-state index < -0.39 is 36.0 Å². The number of nitrogens with zero attached hydrogens (tertiary/aromatic N) is 2. The molecule has 4 aromatic carbocycles. The molecule has 0 aromatic heterocycles. The van der Waals surface area contributed by atoms with Gasteiger partial charge in [0.15, 0.2) is 6.10 Å². The van der Waals surface area contributed by atoms with Crippen LogP contribution in [-0.2, 0) is 19.1 Å². The predicted molar refractivity (Wildman–Crippen MR) is 160 cm³/mol. The molecule has 4 atom stereocenters. The number of rotatable bonds is 5. The van der Waals surface area contributed by atoms with Gasteiger partial charge >= 0.3 is 5.97 Å². The van der Waals surface area contributed by atoms with E-state index in [1.807, 2.05) is 102 Å². The topological polar surface area (TPSA) is 66.9 Å². The van der Waals surface area contributed by atoms with Crippen LogP contribution in [0.25, 0.3) is 6.08 Å². The molecule has 3 heterocycles. The SMILES string of the molecule is O=C(OC(c1ccccc1)c1ccccc1)[C@H]1[C@H]2C(=O)N(c3ccc(Br)cc3)C(=O)[C@H]2[C@@H]2C=Cc3ccccc3N21. The molecule has 3 aliphatic heterocycles. The fourth-order valence-electron chi connectivity index (χ4n) is 6.40. The quantitative estimate of drug-likeness (QED) is 0.201. The zero-order valence-electron chi connectivity index (χ0n) is 21.8. The molecule has 0 bridgehead atoms. The number of amides is 2. The average molecular weight is 605 g/mol. The van der Waals surface area contributed by atoms with Crippen molar-refractivity contribution in [2.24, 2.45) is 11.8 Å². The lowest BCUT2D eigenvalue weighted by Crippen LogP contribution is -2.49. The van der Waals surface area contributed by atoms with Crippen LogP contribution >= 0.6 is 15.9 Å². The average Bonchev–Trinajstić information content (AvgIpc) is 3.49. The van der Waals surface area contributed by atoms with E-state index in [4.69, 9.17) is 4.74 Å². The number of hydrogen-bond acceptors (Lipinski definition) is 5. The van der Waals surface area contributed by atoms with Crippen LogP contribution in [0.1, 0.15) is 22.8 Å². The number of fused-ring (bicyclic) bond motifs is 5. The number of imide groups is 1. The molecule has 0 saturated carbocycles. The Morgan fingerprint density at radius 2 is 1.32 bits per heavy atom. The first-order valence-corrected chi connectivity index (χ1v) is 14.3. The molecule has 0 aliphatic carbocycles. The van der Waals surface area contributed by atoms with Gasteiger partial charge in [-0.25, -0.2) is 9.69 Å². The summed E-state index contributed by atoms with van der Waals surface area (Å²) >= 11 is 3.42. The van der Waals surface area contributed by atoms with E-state index in [2.05, 4.69) is 15.9 Å². The molecular weight excluding hydrogens is 580 g/mol. The van der Waals surface area contributed by atoms with Crippen molar-refractivity contribution in [3.05, 3.63) is 136 Å². The van der Waals surface area contributed by atoms with E-state index in [1.54, 1.807) is 24.3 Å². The minimum atomic E-state index is -0.983. The van der Waals surface area contributed by atoms with E-state index >= 15 is 0 Å². The van der Waals surface area contributed by atoms with Crippen LogP contribution in [0.15, 0.2) is 120 Å². The molecule has 0 N–H and O–H groups in total. The van der Waals surface area contributed by atoms with Gasteiger partial charge in [0.25, 0.3) is 0 Å². The Morgan fingerprint density at radius 1 is 0.732 bits per heavy atom. The second-order valence-corrected chi connectivity index (χ2v) is 11.4. The van der Waals surface area contributed by atoms with E-state index in [0.29, 0.717) is 5.69 Å². The van der Waals surface area contributed by atoms with Crippen molar-refractivity contribution in [1.29, 1.82) is 0 Å². The maximum atomic E-state index is 14.4. The van der Waals surface area contributed by atoms with Gasteiger partial charge in [-0.15, -0.1) is 0 Å². The van der Waals surface area contributed by atoms with Gasteiger partial charge in [0.2, 0.25) is 11.8 Å². The minimum absolute atomic E-state index is 0.306. The number of esters is 1. The Bertz CT molecular complexity index is 1630. The molecule has 41 heavy (non-hydrogen) atoms. The highest BCUT2D eigenvalue weighted by atomic mass is 79.9. The van der Waals surface area contributed by atoms with Crippen molar-refractivity contribution in [2.75, 3.05) is 9.80 Å². The number of para-hydroxylation sites is 1. The van der Waals surface area contributed by atoms with Crippen LogP contribution in [0.4, 0.5) is 11.4 Å². The van der Waals surface area contributed by atoms with Gasteiger partial charge in [-0.1, -0.05) is 107 Å². The first-order valence-electron chi connectivity index (χ1n) is 13.5. The highest BCUT2D eigenvalue weighted by Gasteiger charge is 2.65. The third kappa shape index (κ3) is 4.19. The zero-order valence-corrected chi connectivity index (χ0v) is 23.4. The Kier molecular flexibility index (Phi) is 6.31. The summed E-state index contributed by atoms with van der Waals surface area (Å²) in [6.07, 6.45) is 3.24. The third-order valence-electron chi connectivity index (χ3n) is 8.18. The van der Waals surface area contributed by atoms with Crippen molar-refractivity contribution in [3.8, 4) is 0 Å². The van der Waals surface area contributed by atoms with Crippen molar-refractivity contribution >= 4 is 51.2 Å². The van der Waals surface area contributed by atoms with E-state index in [0.717, 1.165) is 26.9 Å². The van der Waals surface area contributed by atoms with Gasteiger partial charge in [0, 0.05) is 10.2 Å². The predicted octanol–water partition coefficient (Wildman–Crippen LogP) is 6.17. The summed E-state index contributed by atoms with van der Waals surface area (Å²) in [4.78, 5) is 45.6. The van der Waals surface area contributed by atoms with E-state index in [-0.39, 0.29) is 11.8 Å². The number of carbonyl (C=O) groups excluding carboxylic acids is 3. The fraction of sp³-hybridized carbons (Fsp3) is 0.147. The summed E-state index contributed by atoms with van der Waals surface area (Å²) in [5, 5.41) is 0. The molecule has 2 fully saturated rings. The van der Waals surface area contributed by atoms with Crippen LogP contribution < -0.4 is 9.80 Å². The third-order valence-corrected chi connectivity index (χ3v) is 8.71. The summed E-state index contributed by atoms with van der Waals surface area (Å²) in [6.45, 7) is 0. The summed E-state index contributed by atoms with van der Waals surface area (Å²) in [6, 6.07) is 32.5. The van der Waals surface area contributed by atoms with Crippen molar-refractivity contribution < 1.29 is 19.1 Å². The van der Waals surface area contributed by atoms with E-state index in [1.165, 1.54) is 4.90 Å². The molecule has 202 valence electrons. The van der Waals surface area contributed by atoms with Crippen molar-refractivity contribution in [3.63, 3.8) is 0 Å². The molecule has 4 aromatic rings. The number of ether oxygens (including phenoxy) is 1. The first-order chi connectivity index (χ1) is 20.0. The summed E-state index contributed by atoms with van der Waals surface area (Å²) in [5.74, 6) is -2.85. The first kappa shape index (κ1) is 25.5. The van der Waals surface area contributed by atoms with E-state index in [9.17, 15) is 14.4 Å². The van der Waals surface area contributed by atoms with Crippen LogP contribution in [0.2, 0.25) is 0 Å². The lowest BCUT2D eigenvalue weighted by atomic mass is 9.88. The van der Waals surface area contributed by atoms with Crippen LogP contribution in [0.5, 0.6) is 0 Å². The van der Waals surface area contributed by atoms with Gasteiger partial charge in [0.1, 0.15) is 6.04 Å². The molecule has 7 heteroatoms. The molecule has 2 saturated heterocycles. The Morgan fingerprint density at radius 3 is 1.98 bits per heavy atom. The van der Waals surface area contributed by atoms with Crippen LogP contribution in [0.3, 0.4) is 0 Å². The molecule has 0 radical (unpaired) electrons. The monoisotopic (exact) mass is 604 g/mol. The molecular formula is C34H25BrN2O4. The lowest BCUT2D eigenvalue weighted by molar-refractivity contribution is -0.151. The number of anilines is 2. The van der Waals surface area contributed by atoms with Crippen LogP contribution in [-0.4, -0.2) is 29.9 Å². The molecule has 7 rings (SSSR count). The highest BCUT2D eigenvalue weighted by Crippen LogP contribution is 2.49. The summed E-state index contributed by atoms with van der Waals surface area (Å²) < 4.78 is 7.17. The lowest BCUT2D eigenvalue weighted by Gasteiger charge is -2.36. The number of halogens is 1.